The lowest BCUT2D eigenvalue weighted by molar-refractivity contribution is 0.0485. The van der Waals surface area contributed by atoms with Gasteiger partial charge in [0.05, 0.1) is 24.9 Å². The second-order valence-electron chi connectivity index (χ2n) is 10.4. The molecule has 0 bridgehead atoms. The van der Waals surface area contributed by atoms with Crippen molar-refractivity contribution in [2.45, 2.75) is 90.7 Å². The van der Waals surface area contributed by atoms with E-state index in [1.807, 2.05) is 69.6 Å². The van der Waals surface area contributed by atoms with Crippen molar-refractivity contribution in [2.75, 3.05) is 18.5 Å². The first-order valence-electron chi connectivity index (χ1n) is 12.9. The predicted octanol–water partition coefficient (Wildman–Crippen LogP) is 5.44. The summed E-state index contributed by atoms with van der Waals surface area (Å²) < 4.78 is 24.0. The summed E-state index contributed by atoms with van der Waals surface area (Å²) in [5.41, 5.74) is 0.808. The second kappa shape index (κ2) is 13.3. The number of anilines is 1. The number of hydrogen-bond acceptors (Lipinski definition) is 7. The molecule has 1 fully saturated rings. The van der Waals surface area contributed by atoms with Crippen LogP contribution in [0.15, 0.2) is 36.5 Å². The molecule has 0 aliphatic heterocycles. The van der Waals surface area contributed by atoms with Gasteiger partial charge in [-0.1, -0.05) is 30.3 Å². The van der Waals surface area contributed by atoms with Crippen LogP contribution >= 0.6 is 0 Å². The Morgan fingerprint density at radius 3 is 2.41 bits per heavy atom. The summed E-state index contributed by atoms with van der Waals surface area (Å²) in [7, 11) is 0. The van der Waals surface area contributed by atoms with Crippen LogP contribution in [0.5, 0.6) is 5.88 Å². The molecular formula is C27H40N4O6. The van der Waals surface area contributed by atoms with Gasteiger partial charge in [-0.3, -0.25) is 10.00 Å². The number of carbonyl (C=O) groups is 2. The average Bonchev–Trinajstić information content (AvgIpc) is 3.22. The molecule has 0 spiro atoms. The minimum Gasteiger partial charge on any atom is -0.473 e. The summed E-state index contributed by atoms with van der Waals surface area (Å²) in [6, 6.07) is 9.64. The van der Waals surface area contributed by atoms with Gasteiger partial charge in [0.1, 0.15) is 24.5 Å². The molecule has 0 saturated heterocycles. The molecule has 10 heteroatoms. The summed E-state index contributed by atoms with van der Waals surface area (Å²) in [6.45, 7) is 10.3. The van der Waals surface area contributed by atoms with Gasteiger partial charge in [-0.15, -0.1) is 5.10 Å². The van der Waals surface area contributed by atoms with Crippen LogP contribution in [0.1, 0.15) is 71.9 Å². The van der Waals surface area contributed by atoms with Crippen LogP contribution in [0.4, 0.5) is 15.3 Å². The van der Waals surface area contributed by atoms with E-state index in [-0.39, 0.29) is 24.8 Å². The van der Waals surface area contributed by atoms with Crippen molar-refractivity contribution in [3.05, 3.63) is 42.1 Å². The van der Waals surface area contributed by atoms with E-state index in [1.165, 1.54) is 0 Å². The molecule has 0 radical (unpaired) electrons. The zero-order valence-corrected chi connectivity index (χ0v) is 22.5. The molecule has 10 nitrogen and oxygen atoms in total. The maximum Gasteiger partial charge on any atom is 0.412 e. The van der Waals surface area contributed by atoms with Gasteiger partial charge in [0.25, 0.3) is 5.88 Å². The standard InChI is InChI=1S/C27H40N4O6/c1-19(2)34-15-16-35-24-23(29-25(32)36-18-20-9-7-6-8-10-20)17-31(30-24)22-13-11-21(12-14-22)28-26(33)37-27(3,4)5/h6-10,17,19,21-22H,11-16,18H2,1-5H3,(H,28,33)(H,29,32). The van der Waals surface area contributed by atoms with Crippen LogP contribution in [0.3, 0.4) is 0 Å². The van der Waals surface area contributed by atoms with Crippen LogP contribution < -0.4 is 15.4 Å². The fourth-order valence-electron chi connectivity index (χ4n) is 4.00. The van der Waals surface area contributed by atoms with Crippen molar-refractivity contribution >= 4 is 17.9 Å². The van der Waals surface area contributed by atoms with Crippen molar-refractivity contribution in [3.8, 4) is 5.88 Å². The van der Waals surface area contributed by atoms with E-state index in [9.17, 15) is 9.59 Å². The monoisotopic (exact) mass is 516 g/mol. The highest BCUT2D eigenvalue weighted by Crippen LogP contribution is 2.32. The molecular weight excluding hydrogens is 476 g/mol. The Kier molecular flexibility index (Phi) is 10.2. The minimum absolute atomic E-state index is 0.0520. The van der Waals surface area contributed by atoms with Gasteiger partial charge < -0.3 is 24.3 Å². The molecule has 1 aromatic carbocycles. The Morgan fingerprint density at radius 2 is 1.76 bits per heavy atom. The van der Waals surface area contributed by atoms with E-state index in [1.54, 1.807) is 6.20 Å². The maximum atomic E-state index is 12.5. The Hall–Kier alpha value is -3.27. The zero-order chi connectivity index (χ0) is 26.8. The molecule has 1 aliphatic rings. The Bertz CT molecular complexity index is 994. The van der Waals surface area contributed by atoms with Crippen LogP contribution in [0.25, 0.3) is 0 Å². The largest absolute Gasteiger partial charge is 0.473 e. The van der Waals surface area contributed by atoms with Crippen LogP contribution in [0, 0.1) is 0 Å². The van der Waals surface area contributed by atoms with Crippen molar-refractivity contribution in [2.24, 2.45) is 0 Å². The second-order valence-corrected chi connectivity index (χ2v) is 10.4. The van der Waals surface area contributed by atoms with Crippen LogP contribution in [-0.2, 0) is 20.8 Å². The fourth-order valence-corrected chi connectivity index (χ4v) is 4.00. The third kappa shape index (κ3) is 9.95. The maximum absolute atomic E-state index is 12.5. The van der Waals surface area contributed by atoms with E-state index in [0.29, 0.717) is 24.8 Å². The molecule has 1 saturated carbocycles. The molecule has 204 valence electrons. The smallest absolute Gasteiger partial charge is 0.412 e. The van der Waals surface area contributed by atoms with Crippen LogP contribution in [0.2, 0.25) is 0 Å². The summed E-state index contributed by atoms with van der Waals surface area (Å²) in [4.78, 5) is 24.6. The van der Waals surface area contributed by atoms with Gasteiger partial charge >= 0.3 is 12.2 Å². The first-order valence-corrected chi connectivity index (χ1v) is 12.9. The van der Waals surface area contributed by atoms with Gasteiger partial charge in [0, 0.05) is 6.04 Å². The Balaban J connectivity index is 1.59. The summed E-state index contributed by atoms with van der Waals surface area (Å²) in [5.74, 6) is 0.318. The van der Waals surface area contributed by atoms with Gasteiger partial charge in [0.15, 0.2) is 0 Å². The van der Waals surface area contributed by atoms with Crippen molar-refractivity contribution in [3.63, 3.8) is 0 Å². The molecule has 37 heavy (non-hydrogen) atoms. The number of benzene rings is 1. The summed E-state index contributed by atoms with van der Waals surface area (Å²) in [5, 5.41) is 10.3. The Morgan fingerprint density at radius 1 is 1.05 bits per heavy atom. The molecule has 2 amide bonds. The normalized spacial score (nSPS) is 17.8. The first-order chi connectivity index (χ1) is 17.6. The number of hydrogen-bond donors (Lipinski definition) is 2. The van der Waals surface area contributed by atoms with Crippen LogP contribution in [-0.4, -0.2) is 52.9 Å². The lowest BCUT2D eigenvalue weighted by atomic mass is 9.91. The lowest BCUT2D eigenvalue weighted by Crippen LogP contribution is -2.41. The van der Waals surface area contributed by atoms with E-state index in [0.717, 1.165) is 31.2 Å². The van der Waals surface area contributed by atoms with Gasteiger partial charge in [-0.25, -0.2) is 9.59 Å². The fraction of sp³-hybridized carbons (Fsp3) is 0.593. The quantitative estimate of drug-likeness (QED) is 0.404. The van der Waals surface area contributed by atoms with E-state index < -0.39 is 17.8 Å². The number of aromatic nitrogens is 2. The lowest BCUT2D eigenvalue weighted by Gasteiger charge is -2.30. The minimum atomic E-state index is -0.586. The van der Waals surface area contributed by atoms with Gasteiger partial charge in [0.2, 0.25) is 0 Å². The molecule has 0 atom stereocenters. The number of ether oxygens (including phenoxy) is 4. The van der Waals surface area contributed by atoms with E-state index in [4.69, 9.17) is 18.9 Å². The molecule has 0 unspecified atom stereocenters. The van der Waals surface area contributed by atoms with Crippen molar-refractivity contribution in [1.82, 2.24) is 15.1 Å². The van der Waals surface area contributed by atoms with Gasteiger partial charge in [-0.05, 0) is 65.9 Å². The molecule has 2 aromatic rings. The first kappa shape index (κ1) is 28.3. The number of amides is 2. The summed E-state index contributed by atoms with van der Waals surface area (Å²) >= 11 is 0. The zero-order valence-electron chi connectivity index (χ0n) is 22.5. The Labute approximate surface area is 219 Å². The highest BCUT2D eigenvalue weighted by atomic mass is 16.6. The number of alkyl carbamates (subject to hydrolysis) is 1. The van der Waals surface area contributed by atoms with Gasteiger partial charge in [-0.2, -0.15) is 0 Å². The highest BCUT2D eigenvalue weighted by molar-refractivity contribution is 5.86. The number of carbonyl (C=O) groups excluding carboxylic acids is 2. The van der Waals surface area contributed by atoms with Crippen molar-refractivity contribution < 1.29 is 28.5 Å². The number of nitrogens with one attached hydrogen (secondary N) is 2. The highest BCUT2D eigenvalue weighted by Gasteiger charge is 2.27. The molecule has 1 aliphatic carbocycles. The molecule has 3 rings (SSSR count). The van der Waals surface area contributed by atoms with Crippen molar-refractivity contribution in [1.29, 1.82) is 0 Å². The number of rotatable bonds is 10. The SMILES string of the molecule is CC(C)OCCOc1nn(C2CCC(NC(=O)OC(C)(C)C)CC2)cc1NC(=O)OCc1ccccc1. The molecule has 1 aromatic heterocycles. The summed E-state index contributed by atoms with van der Waals surface area (Å²) in [6.07, 6.45) is 4.11. The topological polar surface area (TPSA) is 113 Å². The predicted molar refractivity (Wildman–Crippen MR) is 140 cm³/mol. The third-order valence-corrected chi connectivity index (χ3v) is 5.71. The molecule has 2 N–H and O–H groups in total. The average molecular weight is 517 g/mol. The number of nitrogens with zero attached hydrogens (tertiary/aromatic N) is 2. The molecule has 1 heterocycles. The van der Waals surface area contributed by atoms with E-state index in [2.05, 4.69) is 15.7 Å². The van der Waals surface area contributed by atoms with E-state index >= 15 is 0 Å². The third-order valence-electron chi connectivity index (χ3n) is 5.71.